The molecule has 2 rings (SSSR count). The Balaban J connectivity index is 1.86. The zero-order valence-electron chi connectivity index (χ0n) is 13.7. The average molecular weight is 305 g/mol. The highest BCUT2D eigenvalue weighted by molar-refractivity contribution is 5.78. The highest BCUT2D eigenvalue weighted by Crippen LogP contribution is 2.12. The Labute approximate surface area is 133 Å². The summed E-state index contributed by atoms with van der Waals surface area (Å²) in [6.07, 6.45) is 5.46. The van der Waals surface area contributed by atoms with Gasteiger partial charge in [0.15, 0.2) is 5.96 Å². The molecule has 1 saturated heterocycles. The highest BCUT2D eigenvalue weighted by atomic mass is 16.5. The quantitative estimate of drug-likeness (QED) is 0.634. The number of hydrogen-bond donors (Lipinski definition) is 1. The van der Waals surface area contributed by atoms with Crippen LogP contribution in [0.25, 0.3) is 0 Å². The van der Waals surface area contributed by atoms with Gasteiger partial charge in [-0.2, -0.15) is 0 Å². The Hall–Kier alpha value is -1.82. The first kappa shape index (κ1) is 16.5. The number of aromatic nitrogens is 1. The number of likely N-dealkylation sites (N-methyl/N-ethyl adjacent to an activating group) is 1. The van der Waals surface area contributed by atoms with Crippen LogP contribution in [0, 0.1) is 0 Å². The SMILES string of the molecule is CN(C)CCOc1cc(CN=C(N)N2CCCCC2)ccn1. The predicted molar refractivity (Wildman–Crippen MR) is 89.0 cm³/mol. The van der Waals surface area contributed by atoms with E-state index in [1.54, 1.807) is 6.20 Å². The summed E-state index contributed by atoms with van der Waals surface area (Å²) in [6, 6.07) is 3.88. The maximum atomic E-state index is 6.07. The Morgan fingerprint density at radius 1 is 1.36 bits per heavy atom. The minimum atomic E-state index is 0.564. The fraction of sp³-hybridized carbons (Fsp3) is 0.625. The van der Waals surface area contributed by atoms with E-state index in [0.29, 0.717) is 25.0 Å². The normalized spacial score (nSPS) is 16.1. The molecule has 0 saturated carbocycles. The molecule has 0 unspecified atom stereocenters. The molecule has 0 bridgehead atoms. The third-order valence-corrected chi connectivity index (χ3v) is 3.69. The smallest absolute Gasteiger partial charge is 0.213 e. The van der Waals surface area contributed by atoms with Crippen LogP contribution in [-0.2, 0) is 6.54 Å². The molecule has 22 heavy (non-hydrogen) atoms. The van der Waals surface area contributed by atoms with Crippen molar-refractivity contribution in [1.82, 2.24) is 14.8 Å². The summed E-state index contributed by atoms with van der Waals surface area (Å²) in [6.45, 7) is 4.10. The second-order valence-electron chi connectivity index (χ2n) is 5.88. The van der Waals surface area contributed by atoms with Gasteiger partial charge in [-0.05, 0) is 45.0 Å². The van der Waals surface area contributed by atoms with Crippen LogP contribution in [0.15, 0.2) is 23.3 Å². The number of likely N-dealkylation sites (tertiary alicyclic amines) is 1. The first-order valence-corrected chi connectivity index (χ1v) is 7.92. The van der Waals surface area contributed by atoms with Crippen molar-refractivity contribution in [3.8, 4) is 5.88 Å². The maximum absolute atomic E-state index is 6.07. The third kappa shape index (κ3) is 5.52. The van der Waals surface area contributed by atoms with Gasteiger partial charge in [0.05, 0.1) is 6.54 Å². The largest absolute Gasteiger partial charge is 0.476 e. The van der Waals surface area contributed by atoms with Gasteiger partial charge in [-0.1, -0.05) is 0 Å². The first-order chi connectivity index (χ1) is 10.6. The van der Waals surface area contributed by atoms with Crippen LogP contribution in [0.3, 0.4) is 0 Å². The number of rotatable bonds is 6. The molecule has 1 aromatic rings. The number of piperidine rings is 1. The van der Waals surface area contributed by atoms with E-state index >= 15 is 0 Å². The Bertz CT molecular complexity index is 483. The summed E-state index contributed by atoms with van der Waals surface area (Å²) >= 11 is 0. The second kappa shape index (κ2) is 8.58. The van der Waals surface area contributed by atoms with Gasteiger partial charge in [0.2, 0.25) is 5.88 Å². The van der Waals surface area contributed by atoms with Crippen LogP contribution < -0.4 is 10.5 Å². The van der Waals surface area contributed by atoms with Gasteiger partial charge in [-0.3, -0.25) is 0 Å². The van der Waals surface area contributed by atoms with E-state index in [4.69, 9.17) is 10.5 Å². The first-order valence-electron chi connectivity index (χ1n) is 7.92. The summed E-state index contributed by atoms with van der Waals surface area (Å²) in [5.41, 5.74) is 7.14. The van der Waals surface area contributed by atoms with Crippen molar-refractivity contribution >= 4 is 5.96 Å². The van der Waals surface area contributed by atoms with Gasteiger partial charge in [-0.25, -0.2) is 9.98 Å². The molecule has 0 aromatic carbocycles. The van der Waals surface area contributed by atoms with Crippen molar-refractivity contribution < 1.29 is 4.74 Å². The van der Waals surface area contributed by atoms with Gasteiger partial charge < -0.3 is 20.3 Å². The van der Waals surface area contributed by atoms with Crippen LogP contribution in [-0.4, -0.2) is 61.1 Å². The number of nitrogens with two attached hydrogens (primary N) is 1. The van der Waals surface area contributed by atoms with Crippen molar-refractivity contribution in [3.05, 3.63) is 23.9 Å². The van der Waals surface area contributed by atoms with Crippen molar-refractivity contribution in [2.45, 2.75) is 25.8 Å². The molecule has 2 N–H and O–H groups in total. The van der Waals surface area contributed by atoms with Crippen LogP contribution in [0.5, 0.6) is 5.88 Å². The van der Waals surface area contributed by atoms with E-state index in [1.807, 2.05) is 26.2 Å². The topological polar surface area (TPSA) is 67.0 Å². The summed E-state index contributed by atoms with van der Waals surface area (Å²) in [4.78, 5) is 13.0. The van der Waals surface area contributed by atoms with Gasteiger partial charge >= 0.3 is 0 Å². The van der Waals surface area contributed by atoms with Gasteiger partial charge in [0.1, 0.15) is 6.61 Å². The zero-order valence-corrected chi connectivity index (χ0v) is 13.7. The summed E-state index contributed by atoms with van der Waals surface area (Å²) in [5, 5.41) is 0. The molecule has 0 amide bonds. The van der Waals surface area contributed by atoms with Gasteiger partial charge in [0.25, 0.3) is 0 Å². The molecule has 2 heterocycles. The van der Waals surface area contributed by atoms with E-state index in [0.717, 1.165) is 25.2 Å². The number of guanidine groups is 1. The number of pyridine rings is 1. The Morgan fingerprint density at radius 3 is 2.86 bits per heavy atom. The van der Waals surface area contributed by atoms with Crippen molar-refractivity contribution in [2.75, 3.05) is 40.3 Å². The molecule has 1 aliphatic heterocycles. The van der Waals surface area contributed by atoms with E-state index in [1.165, 1.54) is 19.3 Å². The molecule has 1 fully saturated rings. The fourth-order valence-corrected chi connectivity index (χ4v) is 2.36. The van der Waals surface area contributed by atoms with Crippen molar-refractivity contribution in [2.24, 2.45) is 10.7 Å². The number of nitrogens with zero attached hydrogens (tertiary/aromatic N) is 4. The molecule has 6 nitrogen and oxygen atoms in total. The number of aliphatic imine (C=N–C) groups is 1. The maximum Gasteiger partial charge on any atom is 0.213 e. The van der Waals surface area contributed by atoms with E-state index in [2.05, 4.69) is 19.8 Å². The summed E-state index contributed by atoms with van der Waals surface area (Å²) < 4.78 is 5.64. The molecule has 0 aliphatic carbocycles. The van der Waals surface area contributed by atoms with Crippen LogP contribution in [0.4, 0.5) is 0 Å². The molecule has 0 spiro atoms. The van der Waals surface area contributed by atoms with E-state index in [9.17, 15) is 0 Å². The van der Waals surface area contributed by atoms with Crippen molar-refractivity contribution in [1.29, 1.82) is 0 Å². The Kier molecular flexibility index (Phi) is 6.45. The molecule has 6 heteroatoms. The van der Waals surface area contributed by atoms with Crippen LogP contribution >= 0.6 is 0 Å². The number of ether oxygens (including phenoxy) is 1. The lowest BCUT2D eigenvalue weighted by Gasteiger charge is -2.27. The molecule has 0 atom stereocenters. The lowest BCUT2D eigenvalue weighted by molar-refractivity contribution is 0.253. The lowest BCUT2D eigenvalue weighted by Crippen LogP contribution is -2.40. The second-order valence-corrected chi connectivity index (χ2v) is 5.88. The lowest BCUT2D eigenvalue weighted by atomic mass is 10.1. The monoisotopic (exact) mass is 305 g/mol. The highest BCUT2D eigenvalue weighted by Gasteiger charge is 2.11. The summed E-state index contributed by atoms with van der Waals surface area (Å²) in [5.74, 6) is 1.29. The molecule has 1 aliphatic rings. The zero-order chi connectivity index (χ0) is 15.8. The standard InChI is InChI=1S/C16H27N5O/c1-20(2)10-11-22-15-12-14(6-7-18-15)13-19-16(17)21-8-4-3-5-9-21/h6-7,12H,3-5,8-11,13H2,1-2H3,(H2,17,19). The van der Waals surface area contributed by atoms with Gasteiger partial charge in [0, 0.05) is 31.9 Å². The molecule has 0 radical (unpaired) electrons. The van der Waals surface area contributed by atoms with E-state index < -0.39 is 0 Å². The minimum absolute atomic E-state index is 0.564. The predicted octanol–water partition coefficient (Wildman–Crippen LogP) is 1.32. The average Bonchev–Trinajstić information content (AvgIpc) is 2.53. The molecule has 122 valence electrons. The minimum Gasteiger partial charge on any atom is -0.476 e. The van der Waals surface area contributed by atoms with E-state index in [-0.39, 0.29) is 0 Å². The summed E-state index contributed by atoms with van der Waals surface area (Å²) in [7, 11) is 4.04. The molecular formula is C16H27N5O. The van der Waals surface area contributed by atoms with Crippen LogP contribution in [0.2, 0.25) is 0 Å². The van der Waals surface area contributed by atoms with Crippen LogP contribution in [0.1, 0.15) is 24.8 Å². The molecule has 1 aromatic heterocycles. The molecular weight excluding hydrogens is 278 g/mol. The Morgan fingerprint density at radius 2 is 2.14 bits per heavy atom. The number of hydrogen-bond acceptors (Lipinski definition) is 4. The van der Waals surface area contributed by atoms with Gasteiger partial charge in [-0.15, -0.1) is 0 Å². The van der Waals surface area contributed by atoms with Crippen molar-refractivity contribution in [3.63, 3.8) is 0 Å². The third-order valence-electron chi connectivity index (χ3n) is 3.69. The fourth-order valence-electron chi connectivity index (χ4n) is 2.36.